The number of carbonyl (C=O) groups excluding carboxylic acids is 1. The van der Waals surface area contributed by atoms with E-state index in [4.69, 9.17) is 4.74 Å². The predicted molar refractivity (Wildman–Crippen MR) is 71.8 cm³/mol. The van der Waals surface area contributed by atoms with Crippen LogP contribution in [0.25, 0.3) is 0 Å². The Bertz CT molecular complexity index is 479. The lowest BCUT2D eigenvalue weighted by Crippen LogP contribution is -2.32. The van der Waals surface area contributed by atoms with Gasteiger partial charge in [-0.05, 0) is 25.5 Å². The second kappa shape index (κ2) is 6.90. The summed E-state index contributed by atoms with van der Waals surface area (Å²) < 4.78 is 32.1. The molecule has 20 heavy (non-hydrogen) atoms. The topological polar surface area (TPSA) is 29.5 Å². The van der Waals surface area contributed by atoms with Crippen LogP contribution in [0.4, 0.5) is 8.78 Å². The highest BCUT2D eigenvalue weighted by atomic mass is 19.2. The van der Waals surface area contributed by atoms with Gasteiger partial charge < -0.3 is 9.64 Å². The molecular formula is C15H19F2NO2. The average Bonchev–Trinajstić information content (AvgIpc) is 2.63. The molecule has 2 rings (SSSR count). The number of hydrogen-bond donors (Lipinski definition) is 0. The van der Waals surface area contributed by atoms with Gasteiger partial charge >= 0.3 is 0 Å². The molecule has 1 unspecified atom stereocenters. The van der Waals surface area contributed by atoms with Gasteiger partial charge in [0.1, 0.15) is 0 Å². The lowest BCUT2D eigenvalue weighted by atomic mass is 10.1. The monoisotopic (exact) mass is 283 g/mol. The van der Waals surface area contributed by atoms with Gasteiger partial charge in [0.05, 0.1) is 11.7 Å². The molecular weight excluding hydrogens is 264 g/mol. The van der Waals surface area contributed by atoms with E-state index < -0.39 is 11.6 Å². The third kappa shape index (κ3) is 3.84. The third-order valence-corrected chi connectivity index (χ3v) is 3.44. The van der Waals surface area contributed by atoms with Gasteiger partial charge in [-0.1, -0.05) is 6.07 Å². The fourth-order valence-electron chi connectivity index (χ4n) is 2.40. The smallest absolute Gasteiger partial charge is 0.169 e. The molecule has 1 aliphatic rings. The first kappa shape index (κ1) is 15.1. The molecule has 0 aliphatic carbocycles. The van der Waals surface area contributed by atoms with Crippen LogP contribution in [0.15, 0.2) is 18.2 Å². The largest absolute Gasteiger partial charge is 0.377 e. The maximum Gasteiger partial charge on any atom is 0.169 e. The van der Waals surface area contributed by atoms with Crippen LogP contribution in [-0.4, -0.2) is 43.0 Å². The van der Waals surface area contributed by atoms with Gasteiger partial charge in [0, 0.05) is 32.7 Å². The van der Waals surface area contributed by atoms with Gasteiger partial charge in [0.25, 0.3) is 0 Å². The molecule has 1 aromatic rings. The van der Waals surface area contributed by atoms with Crippen LogP contribution < -0.4 is 0 Å². The molecule has 1 heterocycles. The number of Topliss-reactive ketones (excluding diaryl/α,β-unsaturated/α-hetero) is 1. The van der Waals surface area contributed by atoms with Crippen molar-refractivity contribution in [3.8, 4) is 0 Å². The van der Waals surface area contributed by atoms with Gasteiger partial charge in [0.2, 0.25) is 0 Å². The zero-order valence-corrected chi connectivity index (χ0v) is 11.6. The fraction of sp³-hybridized carbons (Fsp3) is 0.533. The Hall–Kier alpha value is -1.33. The molecule has 0 bridgehead atoms. The molecule has 5 heteroatoms. The zero-order chi connectivity index (χ0) is 14.5. The minimum absolute atomic E-state index is 0.138. The summed E-state index contributed by atoms with van der Waals surface area (Å²) in [6.07, 6.45) is 1.25. The van der Waals surface area contributed by atoms with Crippen molar-refractivity contribution in [1.82, 2.24) is 4.90 Å². The zero-order valence-electron chi connectivity index (χ0n) is 11.6. The van der Waals surface area contributed by atoms with Crippen molar-refractivity contribution in [3.05, 3.63) is 35.4 Å². The summed E-state index contributed by atoms with van der Waals surface area (Å²) in [5, 5.41) is 0. The molecule has 1 aromatic carbocycles. The molecule has 110 valence electrons. The summed E-state index contributed by atoms with van der Waals surface area (Å²) in [5.74, 6) is -2.39. The van der Waals surface area contributed by atoms with Crippen molar-refractivity contribution in [1.29, 1.82) is 0 Å². The first-order valence-corrected chi connectivity index (χ1v) is 6.89. The van der Waals surface area contributed by atoms with E-state index >= 15 is 0 Å². The Kier molecular flexibility index (Phi) is 5.20. The lowest BCUT2D eigenvalue weighted by molar-refractivity contribution is 0.0667. The number of benzene rings is 1. The van der Waals surface area contributed by atoms with Crippen LogP contribution in [0.5, 0.6) is 0 Å². The Labute approximate surface area is 117 Å². The van der Waals surface area contributed by atoms with E-state index in [1.165, 1.54) is 12.1 Å². The van der Waals surface area contributed by atoms with Crippen molar-refractivity contribution in [3.63, 3.8) is 0 Å². The summed E-state index contributed by atoms with van der Waals surface area (Å²) in [6, 6.07) is 3.70. The highest BCUT2D eigenvalue weighted by Gasteiger charge is 2.18. The van der Waals surface area contributed by atoms with Crippen LogP contribution in [0.3, 0.4) is 0 Å². The third-order valence-electron chi connectivity index (χ3n) is 3.44. The maximum absolute atomic E-state index is 13.5. The number of carbonyl (C=O) groups is 1. The molecule has 1 fully saturated rings. The Morgan fingerprint density at radius 1 is 1.45 bits per heavy atom. The van der Waals surface area contributed by atoms with Crippen LogP contribution in [-0.2, 0) is 4.74 Å². The molecule has 0 saturated carbocycles. The number of rotatable bonds is 4. The van der Waals surface area contributed by atoms with Crippen molar-refractivity contribution in [2.45, 2.75) is 25.9 Å². The SMILES string of the molecule is CC1CN(CCC(=O)c2cccc(F)c2F)CCCO1. The van der Waals surface area contributed by atoms with E-state index in [0.717, 1.165) is 32.2 Å². The van der Waals surface area contributed by atoms with Crippen LogP contribution in [0.1, 0.15) is 30.1 Å². The van der Waals surface area contributed by atoms with E-state index in [1.807, 2.05) is 6.92 Å². The maximum atomic E-state index is 13.5. The number of nitrogens with zero attached hydrogens (tertiary/aromatic N) is 1. The summed E-state index contributed by atoms with van der Waals surface area (Å²) in [7, 11) is 0. The molecule has 1 aliphatic heterocycles. The molecule has 0 radical (unpaired) electrons. The molecule has 1 saturated heterocycles. The van der Waals surface area contributed by atoms with Crippen molar-refractivity contribution in [2.75, 3.05) is 26.2 Å². The molecule has 3 nitrogen and oxygen atoms in total. The second-order valence-corrected chi connectivity index (χ2v) is 5.11. The van der Waals surface area contributed by atoms with Crippen molar-refractivity contribution >= 4 is 5.78 Å². The minimum Gasteiger partial charge on any atom is -0.377 e. The first-order valence-electron chi connectivity index (χ1n) is 6.89. The first-order chi connectivity index (χ1) is 9.58. The normalized spacial score (nSPS) is 20.6. The highest BCUT2D eigenvalue weighted by Crippen LogP contribution is 2.14. The Morgan fingerprint density at radius 3 is 3.05 bits per heavy atom. The molecule has 0 spiro atoms. The fourth-order valence-corrected chi connectivity index (χ4v) is 2.40. The summed E-state index contributed by atoms with van der Waals surface area (Å²) in [4.78, 5) is 14.1. The van der Waals surface area contributed by atoms with E-state index in [1.54, 1.807) is 0 Å². The van der Waals surface area contributed by atoms with E-state index in [2.05, 4.69) is 4.90 Å². The average molecular weight is 283 g/mol. The van der Waals surface area contributed by atoms with E-state index in [0.29, 0.717) is 6.54 Å². The molecule has 0 amide bonds. The predicted octanol–water partition coefficient (Wildman–Crippen LogP) is 2.65. The van der Waals surface area contributed by atoms with E-state index in [-0.39, 0.29) is 23.9 Å². The minimum atomic E-state index is -1.05. The van der Waals surface area contributed by atoms with Crippen molar-refractivity contribution < 1.29 is 18.3 Å². The van der Waals surface area contributed by atoms with Crippen LogP contribution in [0.2, 0.25) is 0 Å². The van der Waals surface area contributed by atoms with Crippen LogP contribution >= 0.6 is 0 Å². The van der Waals surface area contributed by atoms with Gasteiger partial charge in [-0.3, -0.25) is 4.79 Å². The molecule has 0 aromatic heterocycles. The summed E-state index contributed by atoms with van der Waals surface area (Å²) in [6.45, 7) is 4.89. The Morgan fingerprint density at radius 2 is 2.25 bits per heavy atom. The number of ketones is 1. The van der Waals surface area contributed by atoms with Gasteiger partial charge in [-0.25, -0.2) is 8.78 Å². The quantitative estimate of drug-likeness (QED) is 0.796. The standard InChI is InChI=1S/C15H19F2NO2/c1-11-10-18(7-3-9-20-11)8-6-14(19)12-4-2-5-13(16)15(12)17/h2,4-5,11H,3,6-10H2,1H3. The summed E-state index contributed by atoms with van der Waals surface area (Å²) in [5.41, 5.74) is -0.163. The van der Waals surface area contributed by atoms with Gasteiger partial charge in [-0.2, -0.15) is 0 Å². The lowest BCUT2D eigenvalue weighted by Gasteiger charge is -2.21. The highest BCUT2D eigenvalue weighted by molar-refractivity contribution is 5.96. The van der Waals surface area contributed by atoms with Crippen molar-refractivity contribution in [2.24, 2.45) is 0 Å². The van der Waals surface area contributed by atoms with Crippen LogP contribution in [0, 0.1) is 11.6 Å². The van der Waals surface area contributed by atoms with Gasteiger partial charge in [0.15, 0.2) is 17.4 Å². The Balaban J connectivity index is 1.93. The van der Waals surface area contributed by atoms with E-state index in [9.17, 15) is 13.6 Å². The molecule has 0 N–H and O–H groups in total. The number of hydrogen-bond acceptors (Lipinski definition) is 3. The molecule has 1 atom stereocenters. The number of ether oxygens (including phenoxy) is 1. The van der Waals surface area contributed by atoms with Gasteiger partial charge in [-0.15, -0.1) is 0 Å². The second-order valence-electron chi connectivity index (χ2n) is 5.11. The number of halogens is 2. The summed E-state index contributed by atoms with van der Waals surface area (Å²) >= 11 is 0.